The van der Waals surface area contributed by atoms with E-state index in [9.17, 15) is 18.4 Å². The molecule has 0 saturated carbocycles. The van der Waals surface area contributed by atoms with Gasteiger partial charge >= 0.3 is 0 Å². The molecule has 13 heteroatoms. The van der Waals surface area contributed by atoms with Crippen molar-refractivity contribution in [3.8, 4) is 0 Å². The van der Waals surface area contributed by atoms with Gasteiger partial charge in [-0.3, -0.25) is 9.59 Å². The number of morpholine rings is 1. The number of carbonyl (C=O) groups excluding carboxylic acids is 2. The first-order chi connectivity index (χ1) is 18.3. The number of nitrogens with one attached hydrogen (secondary N) is 1. The molecule has 2 aliphatic rings. The molecule has 0 radical (unpaired) electrons. The molecule has 226 valence electrons. The third-order valence-electron chi connectivity index (χ3n) is 7.22. The van der Waals surface area contributed by atoms with E-state index in [-0.39, 0.29) is 65.8 Å². The molecule has 9 nitrogen and oxygen atoms in total. The summed E-state index contributed by atoms with van der Waals surface area (Å²) < 4.78 is 40.5. The number of hydrogen-bond acceptors (Lipinski definition) is 6. The normalized spacial score (nSPS) is 19.3. The molecule has 0 spiro atoms. The molecule has 4 rings (SSSR count). The molecule has 40 heavy (non-hydrogen) atoms. The SMILES string of the molecule is COCCCCn1c(C(=O)N(CC(C)C)[C@@H]2CNC[C@H](C(=O)N3CCOCC3)C2)nc2cc(F)c(F)cc21.Cl.Cl. The van der Waals surface area contributed by atoms with Gasteiger partial charge in [-0.15, -0.1) is 24.8 Å². The second-order valence-corrected chi connectivity index (χ2v) is 10.6. The van der Waals surface area contributed by atoms with E-state index in [2.05, 4.69) is 10.3 Å². The monoisotopic (exact) mass is 607 g/mol. The van der Waals surface area contributed by atoms with E-state index in [0.29, 0.717) is 77.4 Å². The number of hydrogen-bond donors (Lipinski definition) is 1. The van der Waals surface area contributed by atoms with Crippen LogP contribution < -0.4 is 5.32 Å². The highest BCUT2D eigenvalue weighted by atomic mass is 35.5. The van der Waals surface area contributed by atoms with E-state index in [0.717, 1.165) is 18.6 Å². The van der Waals surface area contributed by atoms with Gasteiger partial charge in [-0.1, -0.05) is 13.8 Å². The Balaban J connectivity index is 0.00000280. The lowest BCUT2D eigenvalue weighted by Crippen LogP contribution is -2.56. The molecule has 2 amide bonds. The summed E-state index contributed by atoms with van der Waals surface area (Å²) in [6, 6.07) is 1.93. The highest BCUT2D eigenvalue weighted by molar-refractivity contribution is 5.95. The molecule has 2 aliphatic heterocycles. The largest absolute Gasteiger partial charge is 0.385 e. The second kappa shape index (κ2) is 15.8. The van der Waals surface area contributed by atoms with Crippen LogP contribution in [0.15, 0.2) is 12.1 Å². The van der Waals surface area contributed by atoms with Gasteiger partial charge in [0.25, 0.3) is 5.91 Å². The van der Waals surface area contributed by atoms with Gasteiger partial charge in [0, 0.05) is 71.2 Å². The summed E-state index contributed by atoms with van der Waals surface area (Å²) in [5.74, 6) is -2.11. The molecule has 3 heterocycles. The minimum atomic E-state index is -1.000. The number of fused-ring (bicyclic) bond motifs is 1. The van der Waals surface area contributed by atoms with Gasteiger partial charge in [-0.05, 0) is 25.2 Å². The summed E-state index contributed by atoms with van der Waals surface area (Å²) in [6.45, 7) is 8.87. The lowest BCUT2D eigenvalue weighted by molar-refractivity contribution is -0.140. The first-order valence-electron chi connectivity index (χ1n) is 13.5. The van der Waals surface area contributed by atoms with Gasteiger partial charge in [0.1, 0.15) is 0 Å². The maximum atomic E-state index is 14.2. The molecule has 1 aromatic carbocycles. The topological polar surface area (TPSA) is 88.9 Å². The molecule has 2 saturated heterocycles. The van der Waals surface area contributed by atoms with Gasteiger partial charge in [-0.25, -0.2) is 13.8 Å². The first-order valence-corrected chi connectivity index (χ1v) is 13.5. The Bertz CT molecular complexity index is 1130. The van der Waals surface area contributed by atoms with Crippen LogP contribution in [0.25, 0.3) is 11.0 Å². The number of nitrogens with zero attached hydrogens (tertiary/aromatic N) is 4. The quantitative estimate of drug-likeness (QED) is 0.416. The molecule has 2 aromatic rings. The van der Waals surface area contributed by atoms with Gasteiger partial charge < -0.3 is 29.2 Å². The Morgan fingerprint density at radius 3 is 2.52 bits per heavy atom. The van der Waals surface area contributed by atoms with Crippen molar-refractivity contribution in [2.45, 2.75) is 45.7 Å². The van der Waals surface area contributed by atoms with Gasteiger partial charge in [-0.2, -0.15) is 0 Å². The van der Waals surface area contributed by atoms with Crippen molar-refractivity contribution in [1.29, 1.82) is 0 Å². The average molecular weight is 609 g/mol. The fraction of sp³-hybridized carbons (Fsp3) is 0.667. The summed E-state index contributed by atoms with van der Waals surface area (Å²) in [5, 5.41) is 3.36. The van der Waals surface area contributed by atoms with Gasteiger partial charge in [0.2, 0.25) is 5.91 Å². The van der Waals surface area contributed by atoms with Crippen molar-refractivity contribution in [2.24, 2.45) is 11.8 Å². The van der Waals surface area contributed by atoms with Crippen molar-refractivity contribution >= 4 is 47.7 Å². The van der Waals surface area contributed by atoms with E-state index in [1.807, 2.05) is 18.7 Å². The van der Waals surface area contributed by atoms with E-state index < -0.39 is 11.6 Å². The Kier molecular flexibility index (Phi) is 13.5. The number of aromatic nitrogens is 2. The number of carbonyl (C=O) groups is 2. The Morgan fingerprint density at radius 1 is 1.15 bits per heavy atom. The molecular formula is C27H41Cl2F2N5O4. The maximum Gasteiger partial charge on any atom is 0.290 e. The van der Waals surface area contributed by atoms with Crippen LogP contribution in [0.3, 0.4) is 0 Å². The number of benzene rings is 1. The summed E-state index contributed by atoms with van der Waals surface area (Å²) in [6.07, 6.45) is 1.98. The second-order valence-electron chi connectivity index (χ2n) is 10.6. The summed E-state index contributed by atoms with van der Waals surface area (Å²) >= 11 is 0. The molecule has 1 aromatic heterocycles. The van der Waals surface area contributed by atoms with Crippen LogP contribution in [0.5, 0.6) is 0 Å². The molecule has 0 aliphatic carbocycles. The Morgan fingerprint density at radius 2 is 1.85 bits per heavy atom. The maximum absolute atomic E-state index is 14.2. The number of ether oxygens (including phenoxy) is 2. The highest BCUT2D eigenvalue weighted by Gasteiger charge is 2.37. The van der Waals surface area contributed by atoms with E-state index in [4.69, 9.17) is 9.47 Å². The molecule has 0 bridgehead atoms. The van der Waals surface area contributed by atoms with Crippen molar-refractivity contribution in [2.75, 3.05) is 59.7 Å². The molecule has 0 unspecified atom stereocenters. The number of amides is 2. The fourth-order valence-electron chi connectivity index (χ4n) is 5.33. The minimum absolute atomic E-state index is 0. The number of piperidine rings is 1. The molecule has 2 fully saturated rings. The lowest BCUT2D eigenvalue weighted by atomic mass is 9.92. The van der Waals surface area contributed by atoms with Crippen molar-refractivity contribution in [3.63, 3.8) is 0 Å². The van der Waals surface area contributed by atoms with Crippen LogP contribution in [0.2, 0.25) is 0 Å². The van der Waals surface area contributed by atoms with Crippen molar-refractivity contribution in [3.05, 3.63) is 29.6 Å². The van der Waals surface area contributed by atoms with Crippen LogP contribution in [0.4, 0.5) is 8.78 Å². The van der Waals surface area contributed by atoms with E-state index in [1.165, 1.54) is 0 Å². The number of halogens is 4. The smallest absolute Gasteiger partial charge is 0.290 e. The predicted molar refractivity (Wildman–Crippen MR) is 153 cm³/mol. The van der Waals surface area contributed by atoms with E-state index in [1.54, 1.807) is 16.6 Å². The van der Waals surface area contributed by atoms with Crippen LogP contribution in [0, 0.1) is 23.5 Å². The van der Waals surface area contributed by atoms with E-state index >= 15 is 0 Å². The number of imidazole rings is 1. The number of rotatable bonds is 10. The first kappa shape index (κ1) is 34.2. The van der Waals surface area contributed by atoms with Crippen LogP contribution in [0.1, 0.15) is 43.7 Å². The van der Waals surface area contributed by atoms with Crippen LogP contribution in [-0.2, 0) is 20.8 Å². The summed E-state index contributed by atoms with van der Waals surface area (Å²) in [4.78, 5) is 35.4. The molecule has 2 atom stereocenters. The zero-order valence-electron chi connectivity index (χ0n) is 23.4. The Labute approximate surface area is 246 Å². The van der Waals surface area contributed by atoms with Crippen LogP contribution in [-0.4, -0.2) is 96.9 Å². The zero-order chi connectivity index (χ0) is 27.2. The average Bonchev–Trinajstić information content (AvgIpc) is 3.26. The third-order valence-corrected chi connectivity index (χ3v) is 7.22. The Hall–Kier alpha value is -2.05. The summed E-state index contributed by atoms with van der Waals surface area (Å²) in [5.41, 5.74) is 0.627. The fourth-order valence-corrected chi connectivity index (χ4v) is 5.33. The highest BCUT2D eigenvalue weighted by Crippen LogP contribution is 2.25. The van der Waals surface area contributed by atoms with Crippen LogP contribution >= 0.6 is 24.8 Å². The van der Waals surface area contributed by atoms with Crippen molar-refractivity contribution < 1.29 is 27.8 Å². The van der Waals surface area contributed by atoms with Gasteiger partial charge in [0.05, 0.1) is 30.2 Å². The lowest BCUT2D eigenvalue weighted by Gasteiger charge is -2.40. The number of unbranched alkanes of at least 4 members (excludes halogenated alkanes) is 1. The summed E-state index contributed by atoms with van der Waals surface area (Å²) in [7, 11) is 1.62. The minimum Gasteiger partial charge on any atom is -0.385 e. The van der Waals surface area contributed by atoms with Crippen molar-refractivity contribution in [1.82, 2.24) is 24.7 Å². The zero-order valence-corrected chi connectivity index (χ0v) is 25.0. The number of aryl methyl sites for hydroxylation is 1. The van der Waals surface area contributed by atoms with Gasteiger partial charge in [0.15, 0.2) is 17.5 Å². The standard InChI is InChI=1S/C27H39F2N5O4.2ClH/c1-18(2)17-34(20-12-19(15-30-16-20)26(35)32-7-10-38-11-8-32)27(36)25-31-23-13-21(28)22(29)14-24(23)33(25)6-4-5-9-37-3;;/h13-14,18-20,30H,4-12,15-17H2,1-3H3;2*1H/t19-,20+;;/m1../s1. The molecule has 1 N–H and O–H groups in total. The third kappa shape index (κ3) is 8.03. The number of methoxy groups -OCH3 is 1. The molecular weight excluding hydrogens is 567 g/mol. The predicted octanol–water partition coefficient (Wildman–Crippen LogP) is 3.52.